The molecule has 31 heavy (non-hydrogen) atoms. The van der Waals surface area contributed by atoms with E-state index in [4.69, 9.17) is 9.47 Å². The Hall–Kier alpha value is -3.64. The highest BCUT2D eigenvalue weighted by Crippen LogP contribution is 2.37. The van der Waals surface area contributed by atoms with Gasteiger partial charge in [-0.2, -0.15) is 0 Å². The van der Waals surface area contributed by atoms with Crippen molar-refractivity contribution in [2.75, 3.05) is 13.2 Å². The lowest BCUT2D eigenvalue weighted by atomic mass is 9.99. The highest BCUT2D eigenvalue weighted by molar-refractivity contribution is 7.17. The molecule has 1 unspecified atom stereocenters. The SMILES string of the molecule is O=C(NC(c1ccccc1)c1ccncc1)c1ccc(-c2ccc3c(c2)OCCO3)s1. The predicted molar refractivity (Wildman–Crippen MR) is 121 cm³/mol. The van der Waals surface area contributed by atoms with Crippen LogP contribution in [0, 0.1) is 0 Å². The maximum Gasteiger partial charge on any atom is 0.262 e. The van der Waals surface area contributed by atoms with Crippen LogP contribution in [0.15, 0.2) is 85.2 Å². The number of nitrogens with zero attached hydrogens (tertiary/aromatic N) is 1. The van der Waals surface area contributed by atoms with Crippen LogP contribution in [0.5, 0.6) is 11.5 Å². The fraction of sp³-hybridized carbons (Fsp3) is 0.120. The summed E-state index contributed by atoms with van der Waals surface area (Å²) >= 11 is 1.46. The number of amides is 1. The Balaban J connectivity index is 1.39. The Labute approximate surface area is 184 Å². The zero-order valence-corrected chi connectivity index (χ0v) is 17.5. The quantitative estimate of drug-likeness (QED) is 0.480. The van der Waals surface area contributed by atoms with Gasteiger partial charge in [0, 0.05) is 17.3 Å². The maximum atomic E-state index is 13.1. The van der Waals surface area contributed by atoms with E-state index in [0.29, 0.717) is 18.1 Å². The molecule has 0 radical (unpaired) electrons. The monoisotopic (exact) mass is 428 g/mol. The second kappa shape index (κ2) is 8.62. The van der Waals surface area contributed by atoms with Crippen molar-refractivity contribution >= 4 is 17.2 Å². The molecule has 0 aliphatic carbocycles. The van der Waals surface area contributed by atoms with E-state index in [0.717, 1.165) is 33.1 Å². The van der Waals surface area contributed by atoms with Crippen LogP contribution in [0.4, 0.5) is 0 Å². The number of carbonyl (C=O) groups excluding carboxylic acids is 1. The molecule has 0 bridgehead atoms. The van der Waals surface area contributed by atoms with E-state index in [2.05, 4.69) is 10.3 Å². The molecule has 0 saturated carbocycles. The molecule has 2 aromatic carbocycles. The number of pyridine rings is 1. The van der Waals surface area contributed by atoms with Gasteiger partial charge in [-0.25, -0.2) is 0 Å². The first kappa shape index (κ1) is 19.3. The van der Waals surface area contributed by atoms with Crippen LogP contribution in [0.2, 0.25) is 0 Å². The number of benzene rings is 2. The Morgan fingerprint density at radius 1 is 0.871 bits per heavy atom. The van der Waals surface area contributed by atoms with E-state index < -0.39 is 0 Å². The Bertz CT molecular complexity index is 1150. The molecule has 1 aliphatic heterocycles. The molecule has 154 valence electrons. The second-order valence-corrected chi connectivity index (χ2v) is 8.20. The summed E-state index contributed by atoms with van der Waals surface area (Å²) in [7, 11) is 0. The largest absolute Gasteiger partial charge is 0.486 e. The van der Waals surface area contributed by atoms with Gasteiger partial charge in [-0.1, -0.05) is 30.3 Å². The number of hydrogen-bond donors (Lipinski definition) is 1. The van der Waals surface area contributed by atoms with Crippen molar-refractivity contribution in [2.24, 2.45) is 0 Å². The van der Waals surface area contributed by atoms with E-state index >= 15 is 0 Å². The third-order valence-corrected chi connectivity index (χ3v) is 6.24. The number of rotatable bonds is 5. The highest BCUT2D eigenvalue weighted by Gasteiger charge is 2.20. The van der Waals surface area contributed by atoms with E-state index in [1.165, 1.54) is 11.3 Å². The fourth-order valence-electron chi connectivity index (χ4n) is 3.57. The first-order chi connectivity index (χ1) is 15.3. The molecular formula is C25H20N2O3S. The van der Waals surface area contributed by atoms with E-state index in [9.17, 15) is 4.79 Å². The normalized spacial score (nSPS) is 13.4. The number of nitrogens with one attached hydrogen (secondary N) is 1. The van der Waals surface area contributed by atoms with Crippen LogP contribution in [0.1, 0.15) is 26.8 Å². The molecule has 0 saturated heterocycles. The number of carbonyl (C=O) groups is 1. The van der Waals surface area contributed by atoms with Crippen molar-refractivity contribution in [2.45, 2.75) is 6.04 Å². The van der Waals surface area contributed by atoms with Crippen molar-refractivity contribution < 1.29 is 14.3 Å². The summed E-state index contributed by atoms with van der Waals surface area (Å²) in [5.41, 5.74) is 3.01. The van der Waals surface area contributed by atoms with Gasteiger partial charge in [0.1, 0.15) is 13.2 Å². The van der Waals surface area contributed by atoms with Crippen molar-refractivity contribution in [3.8, 4) is 21.9 Å². The second-order valence-electron chi connectivity index (χ2n) is 7.12. The van der Waals surface area contributed by atoms with Crippen LogP contribution in [0.25, 0.3) is 10.4 Å². The summed E-state index contributed by atoms with van der Waals surface area (Å²) in [6.45, 7) is 1.11. The van der Waals surface area contributed by atoms with Crippen LogP contribution >= 0.6 is 11.3 Å². The summed E-state index contributed by atoms with van der Waals surface area (Å²) in [5.74, 6) is 1.39. The van der Waals surface area contributed by atoms with E-state index in [1.54, 1.807) is 12.4 Å². The third kappa shape index (κ3) is 4.15. The first-order valence-electron chi connectivity index (χ1n) is 10.0. The summed E-state index contributed by atoms with van der Waals surface area (Å²) in [6.07, 6.45) is 3.48. The summed E-state index contributed by atoms with van der Waals surface area (Å²) in [6, 6.07) is 23.2. The lowest BCUT2D eigenvalue weighted by molar-refractivity contribution is 0.0947. The van der Waals surface area contributed by atoms with Gasteiger partial charge in [0.25, 0.3) is 5.91 Å². The predicted octanol–water partition coefficient (Wildman–Crippen LogP) is 5.10. The molecule has 5 rings (SSSR count). The Morgan fingerprint density at radius 3 is 2.42 bits per heavy atom. The van der Waals surface area contributed by atoms with Gasteiger partial charge in [0.15, 0.2) is 11.5 Å². The van der Waals surface area contributed by atoms with Gasteiger partial charge >= 0.3 is 0 Å². The van der Waals surface area contributed by atoms with Crippen molar-refractivity contribution in [1.29, 1.82) is 0 Å². The van der Waals surface area contributed by atoms with Crippen molar-refractivity contribution in [1.82, 2.24) is 10.3 Å². The molecular weight excluding hydrogens is 408 g/mol. The van der Waals surface area contributed by atoms with Gasteiger partial charge in [0.05, 0.1) is 10.9 Å². The van der Waals surface area contributed by atoms with E-state index in [1.807, 2.05) is 72.8 Å². The minimum Gasteiger partial charge on any atom is -0.486 e. The molecule has 2 aromatic heterocycles. The zero-order chi connectivity index (χ0) is 21.0. The number of aromatic nitrogens is 1. The smallest absolute Gasteiger partial charge is 0.262 e. The van der Waals surface area contributed by atoms with Gasteiger partial charge in [-0.15, -0.1) is 11.3 Å². The summed E-state index contributed by atoms with van der Waals surface area (Å²) < 4.78 is 11.3. The van der Waals surface area contributed by atoms with Gasteiger partial charge in [-0.3, -0.25) is 9.78 Å². The summed E-state index contributed by atoms with van der Waals surface area (Å²) in [5, 5.41) is 3.18. The molecule has 3 heterocycles. The zero-order valence-electron chi connectivity index (χ0n) is 16.7. The molecule has 0 spiro atoms. The third-order valence-electron chi connectivity index (χ3n) is 5.10. The van der Waals surface area contributed by atoms with Gasteiger partial charge in [-0.05, 0) is 59.2 Å². The average molecular weight is 429 g/mol. The number of hydrogen-bond acceptors (Lipinski definition) is 5. The van der Waals surface area contributed by atoms with Crippen LogP contribution in [-0.4, -0.2) is 24.1 Å². The fourth-order valence-corrected chi connectivity index (χ4v) is 4.48. The molecule has 5 nitrogen and oxygen atoms in total. The number of ether oxygens (including phenoxy) is 2. The van der Waals surface area contributed by atoms with Gasteiger partial charge in [0.2, 0.25) is 0 Å². The molecule has 6 heteroatoms. The lowest BCUT2D eigenvalue weighted by Crippen LogP contribution is -2.28. The van der Waals surface area contributed by atoms with Crippen LogP contribution in [-0.2, 0) is 0 Å². The number of fused-ring (bicyclic) bond motifs is 1. The van der Waals surface area contributed by atoms with Crippen molar-refractivity contribution in [3.05, 3.63) is 101 Å². The van der Waals surface area contributed by atoms with Crippen LogP contribution in [0.3, 0.4) is 0 Å². The van der Waals surface area contributed by atoms with Crippen molar-refractivity contribution in [3.63, 3.8) is 0 Å². The standard InChI is InChI=1S/C25H20N2O3S/c28-25(27-24(17-4-2-1-3-5-17)18-10-12-26-13-11-18)23-9-8-22(31-23)19-6-7-20-21(16-19)30-15-14-29-20/h1-13,16,24H,14-15H2,(H,27,28). The number of thiophene rings is 1. The highest BCUT2D eigenvalue weighted by atomic mass is 32.1. The lowest BCUT2D eigenvalue weighted by Gasteiger charge is -2.19. The maximum absolute atomic E-state index is 13.1. The van der Waals surface area contributed by atoms with E-state index in [-0.39, 0.29) is 11.9 Å². The minimum atomic E-state index is -0.253. The van der Waals surface area contributed by atoms with Gasteiger partial charge < -0.3 is 14.8 Å². The molecule has 1 atom stereocenters. The Kier molecular flexibility index (Phi) is 5.37. The molecule has 0 fully saturated rings. The van der Waals surface area contributed by atoms with Crippen LogP contribution < -0.4 is 14.8 Å². The molecule has 4 aromatic rings. The molecule has 1 N–H and O–H groups in total. The Morgan fingerprint density at radius 2 is 1.61 bits per heavy atom. The molecule has 1 aliphatic rings. The first-order valence-corrected chi connectivity index (χ1v) is 10.9. The summed E-state index contributed by atoms with van der Waals surface area (Å²) in [4.78, 5) is 18.9. The topological polar surface area (TPSA) is 60.5 Å². The average Bonchev–Trinajstić information content (AvgIpc) is 3.34. The minimum absolute atomic E-state index is 0.112. The molecule has 1 amide bonds.